The first-order valence-electron chi connectivity index (χ1n) is 12.3. The summed E-state index contributed by atoms with van der Waals surface area (Å²) < 4.78 is 30.9. The average Bonchev–Trinajstić information content (AvgIpc) is 3.46. The standard InChI is InChI=1S/C25H32N4O4S2/c30-12-11-26-16-24-28-29-25(34-24)23-8-7-22(27-23)21(15-17-9-13-33-14-10-17)18-1-3-19(4-2-18)35(31,32)20-5-6-20/h1-4,7-8,17,20-21,26-27,30H,5-6,9-16H2. The molecule has 2 aliphatic rings. The van der Waals surface area contributed by atoms with Crippen LogP contribution in [0.15, 0.2) is 41.3 Å². The summed E-state index contributed by atoms with van der Waals surface area (Å²) in [4.78, 5) is 4.00. The normalized spacial score (nSPS) is 18.1. The first kappa shape index (κ1) is 24.6. The van der Waals surface area contributed by atoms with Gasteiger partial charge in [0.25, 0.3) is 0 Å². The Kier molecular flexibility index (Phi) is 7.64. The van der Waals surface area contributed by atoms with Gasteiger partial charge in [0.15, 0.2) is 14.8 Å². The maximum Gasteiger partial charge on any atom is 0.181 e. The van der Waals surface area contributed by atoms with Crippen LogP contribution in [0.25, 0.3) is 10.7 Å². The van der Waals surface area contributed by atoms with Gasteiger partial charge in [-0.15, -0.1) is 10.2 Å². The third-order valence-corrected chi connectivity index (χ3v) is 10.1. The Morgan fingerprint density at radius 2 is 1.86 bits per heavy atom. The third kappa shape index (κ3) is 5.83. The smallest absolute Gasteiger partial charge is 0.181 e. The Balaban J connectivity index is 1.38. The number of sulfone groups is 1. The summed E-state index contributed by atoms with van der Waals surface area (Å²) in [5, 5.41) is 22.2. The van der Waals surface area contributed by atoms with Crippen molar-refractivity contribution >= 4 is 21.2 Å². The second kappa shape index (κ2) is 10.9. The lowest BCUT2D eigenvalue weighted by atomic mass is 9.83. The zero-order valence-electron chi connectivity index (χ0n) is 19.7. The van der Waals surface area contributed by atoms with E-state index in [4.69, 9.17) is 9.84 Å². The highest BCUT2D eigenvalue weighted by atomic mass is 32.2. The predicted molar refractivity (Wildman–Crippen MR) is 135 cm³/mol. The van der Waals surface area contributed by atoms with E-state index in [1.54, 1.807) is 12.1 Å². The molecule has 5 rings (SSSR count). The molecule has 3 N–H and O–H groups in total. The van der Waals surface area contributed by atoms with Gasteiger partial charge in [-0.05, 0) is 67.9 Å². The van der Waals surface area contributed by atoms with Gasteiger partial charge in [0.1, 0.15) is 5.01 Å². The predicted octanol–water partition coefficient (Wildman–Crippen LogP) is 3.50. The van der Waals surface area contributed by atoms with Crippen LogP contribution in [0.1, 0.15) is 54.3 Å². The Morgan fingerprint density at radius 3 is 2.57 bits per heavy atom. The van der Waals surface area contributed by atoms with Crippen molar-refractivity contribution in [2.45, 2.75) is 54.7 Å². The van der Waals surface area contributed by atoms with Crippen LogP contribution >= 0.6 is 11.3 Å². The molecule has 1 saturated heterocycles. The number of aliphatic hydroxyl groups is 1. The second-order valence-corrected chi connectivity index (χ2v) is 12.7. The largest absolute Gasteiger partial charge is 0.395 e. The van der Waals surface area contributed by atoms with Gasteiger partial charge in [-0.2, -0.15) is 0 Å². The van der Waals surface area contributed by atoms with Crippen molar-refractivity contribution in [1.82, 2.24) is 20.5 Å². The molecule has 1 aliphatic heterocycles. The quantitative estimate of drug-likeness (QED) is 0.334. The monoisotopic (exact) mass is 516 g/mol. The van der Waals surface area contributed by atoms with Crippen molar-refractivity contribution in [2.75, 3.05) is 26.4 Å². The lowest BCUT2D eigenvalue weighted by Gasteiger charge is -2.27. The molecule has 0 bridgehead atoms. The molecule has 3 heterocycles. The van der Waals surface area contributed by atoms with E-state index in [2.05, 4.69) is 26.6 Å². The Labute approximate surface area is 210 Å². The number of nitrogens with one attached hydrogen (secondary N) is 2. The molecule has 10 heteroatoms. The SMILES string of the molecule is O=S(=O)(c1ccc(C(CC2CCOCC2)c2ccc(-c3nnc(CNCCO)s3)[nH]2)cc1)C1CC1. The molecule has 2 fully saturated rings. The van der Waals surface area contributed by atoms with Crippen LogP contribution in [-0.4, -0.2) is 60.3 Å². The summed E-state index contributed by atoms with van der Waals surface area (Å²) in [6.07, 6.45) is 4.60. The van der Waals surface area contributed by atoms with Gasteiger partial charge in [-0.25, -0.2) is 8.42 Å². The topological polar surface area (TPSA) is 117 Å². The zero-order valence-corrected chi connectivity index (χ0v) is 21.3. The highest BCUT2D eigenvalue weighted by Crippen LogP contribution is 2.38. The highest BCUT2D eigenvalue weighted by molar-refractivity contribution is 7.92. The number of H-pyrrole nitrogens is 1. The highest BCUT2D eigenvalue weighted by Gasteiger charge is 2.37. The molecule has 188 valence electrons. The molecule has 1 atom stereocenters. The molecule has 0 spiro atoms. The van der Waals surface area contributed by atoms with Gasteiger partial charge >= 0.3 is 0 Å². The number of aromatic nitrogens is 3. The first-order chi connectivity index (χ1) is 17.0. The van der Waals surface area contributed by atoms with E-state index in [0.717, 1.165) is 72.3 Å². The van der Waals surface area contributed by atoms with E-state index in [9.17, 15) is 8.42 Å². The van der Waals surface area contributed by atoms with Crippen LogP contribution in [0.5, 0.6) is 0 Å². The van der Waals surface area contributed by atoms with E-state index in [0.29, 0.717) is 23.9 Å². The van der Waals surface area contributed by atoms with Crippen LogP contribution in [0, 0.1) is 5.92 Å². The van der Waals surface area contributed by atoms with Gasteiger partial charge < -0.3 is 20.1 Å². The van der Waals surface area contributed by atoms with Gasteiger partial charge in [-0.3, -0.25) is 0 Å². The van der Waals surface area contributed by atoms with Crippen molar-refractivity contribution in [2.24, 2.45) is 5.92 Å². The van der Waals surface area contributed by atoms with Crippen molar-refractivity contribution in [3.05, 3.63) is 52.7 Å². The number of benzene rings is 1. The van der Waals surface area contributed by atoms with E-state index in [1.807, 2.05) is 18.2 Å². The first-order valence-corrected chi connectivity index (χ1v) is 14.7. The second-order valence-electron chi connectivity index (χ2n) is 9.39. The van der Waals surface area contributed by atoms with Crippen molar-refractivity contribution < 1.29 is 18.3 Å². The molecule has 1 aliphatic carbocycles. The molecule has 1 saturated carbocycles. The van der Waals surface area contributed by atoms with Gasteiger partial charge in [-0.1, -0.05) is 23.5 Å². The summed E-state index contributed by atoms with van der Waals surface area (Å²) in [6, 6.07) is 11.7. The van der Waals surface area contributed by atoms with E-state index < -0.39 is 9.84 Å². The minimum atomic E-state index is -3.20. The van der Waals surface area contributed by atoms with Crippen LogP contribution in [0.4, 0.5) is 0 Å². The lowest BCUT2D eigenvalue weighted by Crippen LogP contribution is -2.19. The minimum absolute atomic E-state index is 0.0909. The zero-order chi connectivity index (χ0) is 24.3. The maximum absolute atomic E-state index is 12.7. The number of hydrogen-bond donors (Lipinski definition) is 3. The lowest BCUT2D eigenvalue weighted by molar-refractivity contribution is 0.0626. The van der Waals surface area contributed by atoms with Crippen molar-refractivity contribution in [3.8, 4) is 10.7 Å². The molecule has 8 nitrogen and oxygen atoms in total. The number of ether oxygens (including phenoxy) is 1. The molecule has 2 aromatic heterocycles. The van der Waals surface area contributed by atoms with Crippen LogP contribution < -0.4 is 5.32 Å². The number of nitrogens with zero attached hydrogens (tertiary/aromatic N) is 2. The van der Waals surface area contributed by atoms with Crippen LogP contribution in [0.3, 0.4) is 0 Å². The summed E-state index contributed by atoms with van der Waals surface area (Å²) in [5.74, 6) is 0.684. The van der Waals surface area contributed by atoms with Gasteiger partial charge in [0, 0.05) is 37.9 Å². The molecule has 3 aromatic rings. The molecule has 0 radical (unpaired) electrons. The fourth-order valence-corrected chi connectivity index (χ4v) is 7.11. The minimum Gasteiger partial charge on any atom is -0.395 e. The third-order valence-electron chi connectivity index (χ3n) is 6.83. The van der Waals surface area contributed by atoms with Crippen molar-refractivity contribution in [1.29, 1.82) is 0 Å². The summed E-state index contributed by atoms with van der Waals surface area (Å²) in [6.45, 7) is 2.78. The molecular formula is C25H32N4O4S2. The summed E-state index contributed by atoms with van der Waals surface area (Å²) in [7, 11) is -3.20. The molecule has 1 aromatic carbocycles. The van der Waals surface area contributed by atoms with Crippen molar-refractivity contribution in [3.63, 3.8) is 0 Å². The average molecular weight is 517 g/mol. The maximum atomic E-state index is 12.7. The van der Waals surface area contributed by atoms with E-state index >= 15 is 0 Å². The van der Waals surface area contributed by atoms with Gasteiger partial charge in [0.2, 0.25) is 0 Å². The molecule has 1 unspecified atom stereocenters. The van der Waals surface area contributed by atoms with E-state index in [-0.39, 0.29) is 17.8 Å². The number of rotatable bonds is 11. The summed E-state index contributed by atoms with van der Waals surface area (Å²) >= 11 is 1.53. The number of hydrogen-bond acceptors (Lipinski definition) is 8. The van der Waals surface area contributed by atoms with Crippen LogP contribution in [0.2, 0.25) is 0 Å². The Bertz CT molecular complexity index is 1210. The fraction of sp³-hybridized carbons (Fsp3) is 0.520. The van der Waals surface area contributed by atoms with Crippen LogP contribution in [-0.2, 0) is 21.1 Å². The molecule has 0 amide bonds. The van der Waals surface area contributed by atoms with Gasteiger partial charge in [0.05, 0.1) is 22.4 Å². The fourth-order valence-electron chi connectivity index (χ4n) is 4.67. The van der Waals surface area contributed by atoms with E-state index in [1.165, 1.54) is 11.3 Å². The number of aromatic amines is 1. The summed E-state index contributed by atoms with van der Waals surface area (Å²) in [5.41, 5.74) is 3.14. The molecular weight excluding hydrogens is 484 g/mol. The Hall–Kier alpha value is -2.11. The number of aliphatic hydroxyl groups excluding tert-OH is 1. The molecule has 35 heavy (non-hydrogen) atoms. The Morgan fingerprint density at radius 1 is 1.09 bits per heavy atom.